The first-order valence-electron chi connectivity index (χ1n) is 13.4. The smallest absolute Gasteiger partial charge is 0.258 e. The number of nitrogens with zero attached hydrogens (tertiary/aromatic N) is 1. The molecule has 1 saturated heterocycles. The highest BCUT2D eigenvalue weighted by atomic mass is 16.5. The molecule has 0 unspecified atom stereocenters. The fraction of sp³-hybridized carbons (Fsp3) is 0.281. The number of amides is 2. The Morgan fingerprint density at radius 1 is 1.02 bits per heavy atom. The van der Waals surface area contributed by atoms with Crippen molar-refractivity contribution in [3.05, 3.63) is 94.5 Å². The molecule has 3 aromatic rings. The highest BCUT2D eigenvalue weighted by Gasteiger charge is 2.35. The van der Waals surface area contributed by atoms with E-state index in [4.69, 9.17) is 4.74 Å². The number of hydrogen-bond donors (Lipinski definition) is 3. The van der Waals surface area contributed by atoms with Crippen molar-refractivity contribution < 1.29 is 19.1 Å². The van der Waals surface area contributed by atoms with E-state index in [2.05, 4.69) is 20.9 Å². The Kier molecular flexibility index (Phi) is 7.82. The maximum atomic E-state index is 13.2. The van der Waals surface area contributed by atoms with Crippen LogP contribution in [-0.4, -0.2) is 62.4 Å². The van der Waals surface area contributed by atoms with Crippen molar-refractivity contribution in [2.45, 2.75) is 25.3 Å². The van der Waals surface area contributed by atoms with E-state index in [1.54, 1.807) is 18.2 Å². The number of carbonyl (C=O) groups excluding carboxylic acids is 3. The molecule has 1 fully saturated rings. The molecule has 0 aliphatic carbocycles. The average Bonchev–Trinajstić information content (AvgIpc) is 3.29. The minimum absolute atomic E-state index is 0.116. The minimum Gasteiger partial charge on any atom is -0.381 e. The molecule has 5 rings (SSSR count). The van der Waals surface area contributed by atoms with Gasteiger partial charge in [-0.15, -0.1) is 0 Å². The summed E-state index contributed by atoms with van der Waals surface area (Å²) >= 11 is 0. The van der Waals surface area contributed by atoms with Gasteiger partial charge in [-0.1, -0.05) is 30.3 Å². The second-order valence-electron chi connectivity index (χ2n) is 10.6. The third kappa shape index (κ3) is 5.41. The van der Waals surface area contributed by atoms with Crippen LogP contribution in [0.25, 0.3) is 11.3 Å². The molecule has 2 aliphatic rings. The van der Waals surface area contributed by atoms with E-state index in [9.17, 15) is 14.4 Å². The number of carbonyl (C=O) groups is 3. The molecule has 8 heteroatoms. The van der Waals surface area contributed by atoms with Gasteiger partial charge in [-0.2, -0.15) is 0 Å². The van der Waals surface area contributed by atoms with Gasteiger partial charge in [0.25, 0.3) is 11.8 Å². The number of aryl methyl sites for hydroxylation is 1. The van der Waals surface area contributed by atoms with Gasteiger partial charge in [-0.3, -0.25) is 14.4 Å². The van der Waals surface area contributed by atoms with Crippen LogP contribution >= 0.6 is 0 Å². The molecule has 2 aliphatic heterocycles. The predicted molar refractivity (Wildman–Crippen MR) is 157 cm³/mol. The SMILES string of the molecule is Cc1cc2c(cc1C=O)NC(=O)/C2=C(\Nc1ccc(C(=O)NCC2(N(C)C)CCOCC2)cc1)c1ccccc1. The zero-order valence-corrected chi connectivity index (χ0v) is 23.0. The van der Waals surface area contributed by atoms with Crippen LogP contribution in [0.2, 0.25) is 0 Å². The van der Waals surface area contributed by atoms with Crippen LogP contribution in [0.3, 0.4) is 0 Å². The monoisotopic (exact) mass is 538 g/mol. The molecule has 0 saturated carbocycles. The summed E-state index contributed by atoms with van der Waals surface area (Å²) in [6.45, 7) is 3.78. The summed E-state index contributed by atoms with van der Waals surface area (Å²) in [7, 11) is 4.09. The summed E-state index contributed by atoms with van der Waals surface area (Å²) in [5, 5.41) is 9.44. The van der Waals surface area contributed by atoms with Crippen LogP contribution in [-0.2, 0) is 9.53 Å². The van der Waals surface area contributed by atoms with Crippen LogP contribution in [0, 0.1) is 6.92 Å². The van der Waals surface area contributed by atoms with Gasteiger partial charge in [0.2, 0.25) is 0 Å². The van der Waals surface area contributed by atoms with Crippen LogP contribution in [0.4, 0.5) is 11.4 Å². The largest absolute Gasteiger partial charge is 0.381 e. The standard InChI is InChI=1S/C32H34N4O4/c1-21-17-26-27(18-24(21)19-37)35-31(39)28(26)29(22-7-5-4-6-8-22)34-25-11-9-23(10-12-25)30(38)33-20-32(36(2)3)13-15-40-16-14-32/h4-12,17-19,34H,13-16,20H2,1-3H3,(H,33,38)(H,35,39)/b29-28-. The number of rotatable bonds is 8. The maximum Gasteiger partial charge on any atom is 0.258 e. The highest BCUT2D eigenvalue weighted by Crippen LogP contribution is 2.39. The van der Waals surface area contributed by atoms with E-state index in [1.807, 2.05) is 69.6 Å². The normalized spacial score (nSPS) is 17.1. The number of nitrogens with one attached hydrogen (secondary N) is 3. The third-order valence-corrected chi connectivity index (χ3v) is 7.96. The topological polar surface area (TPSA) is 99.8 Å². The van der Waals surface area contributed by atoms with Gasteiger partial charge >= 0.3 is 0 Å². The van der Waals surface area contributed by atoms with Crippen molar-refractivity contribution >= 4 is 40.7 Å². The molecule has 3 aromatic carbocycles. The predicted octanol–water partition coefficient (Wildman–Crippen LogP) is 4.58. The first-order chi connectivity index (χ1) is 19.3. The van der Waals surface area contributed by atoms with Gasteiger partial charge in [-0.25, -0.2) is 0 Å². The summed E-state index contributed by atoms with van der Waals surface area (Å²) in [4.78, 5) is 39.9. The quantitative estimate of drug-likeness (QED) is 0.287. The summed E-state index contributed by atoms with van der Waals surface area (Å²) in [5.41, 5.74) is 5.82. The number of anilines is 2. The summed E-state index contributed by atoms with van der Waals surface area (Å²) in [6, 6.07) is 20.4. The second-order valence-corrected chi connectivity index (χ2v) is 10.6. The molecule has 206 valence electrons. The lowest BCUT2D eigenvalue weighted by molar-refractivity contribution is -0.110. The zero-order valence-electron chi connectivity index (χ0n) is 23.0. The fourth-order valence-corrected chi connectivity index (χ4v) is 5.33. The minimum atomic E-state index is -0.247. The Bertz CT molecular complexity index is 1460. The van der Waals surface area contributed by atoms with Crippen LogP contribution < -0.4 is 16.0 Å². The van der Waals surface area contributed by atoms with E-state index in [-0.39, 0.29) is 17.4 Å². The van der Waals surface area contributed by atoms with E-state index in [0.29, 0.717) is 47.8 Å². The molecule has 0 radical (unpaired) electrons. The Labute approximate surface area is 234 Å². The van der Waals surface area contributed by atoms with E-state index < -0.39 is 0 Å². The highest BCUT2D eigenvalue weighted by molar-refractivity contribution is 6.37. The van der Waals surface area contributed by atoms with Crippen molar-refractivity contribution in [3.8, 4) is 0 Å². The van der Waals surface area contributed by atoms with E-state index in [1.165, 1.54) is 0 Å². The molecule has 2 heterocycles. The summed E-state index contributed by atoms with van der Waals surface area (Å²) in [6.07, 6.45) is 2.53. The molecule has 0 aromatic heterocycles. The average molecular weight is 539 g/mol. The zero-order chi connectivity index (χ0) is 28.3. The molecule has 0 spiro atoms. The van der Waals surface area contributed by atoms with Gasteiger partial charge in [0.05, 0.1) is 11.3 Å². The molecular formula is C32H34N4O4. The number of hydrogen-bond acceptors (Lipinski definition) is 6. The van der Waals surface area contributed by atoms with Gasteiger partial charge in [-0.05, 0) is 81.4 Å². The molecule has 2 amide bonds. The maximum absolute atomic E-state index is 13.2. The van der Waals surface area contributed by atoms with Crippen molar-refractivity contribution in [1.82, 2.24) is 10.2 Å². The first-order valence-corrected chi connectivity index (χ1v) is 13.4. The Balaban J connectivity index is 1.41. The van der Waals surface area contributed by atoms with E-state index >= 15 is 0 Å². The van der Waals surface area contributed by atoms with Crippen molar-refractivity contribution in [2.24, 2.45) is 0 Å². The number of ether oxygens (including phenoxy) is 1. The molecule has 3 N–H and O–H groups in total. The number of fused-ring (bicyclic) bond motifs is 1. The van der Waals surface area contributed by atoms with Gasteiger partial charge in [0.15, 0.2) is 0 Å². The fourth-order valence-electron chi connectivity index (χ4n) is 5.33. The Hall–Kier alpha value is -4.27. The molecule has 0 bridgehead atoms. The van der Waals surface area contributed by atoms with Gasteiger partial charge < -0.3 is 25.6 Å². The van der Waals surface area contributed by atoms with Crippen molar-refractivity contribution in [3.63, 3.8) is 0 Å². The lowest BCUT2D eigenvalue weighted by atomic mass is 9.88. The van der Waals surface area contributed by atoms with Crippen LogP contribution in [0.1, 0.15) is 50.2 Å². The first kappa shape index (κ1) is 27.3. The third-order valence-electron chi connectivity index (χ3n) is 7.96. The number of aldehydes is 1. The Morgan fingerprint density at radius 2 is 1.73 bits per heavy atom. The number of likely N-dealkylation sites (N-methyl/N-ethyl adjacent to an activating group) is 1. The van der Waals surface area contributed by atoms with Crippen molar-refractivity contribution in [1.29, 1.82) is 0 Å². The lowest BCUT2D eigenvalue weighted by Crippen LogP contribution is -2.55. The van der Waals surface area contributed by atoms with Crippen molar-refractivity contribution in [2.75, 3.05) is 44.5 Å². The number of benzene rings is 3. The van der Waals surface area contributed by atoms with Crippen LogP contribution in [0.15, 0.2) is 66.7 Å². The van der Waals surface area contributed by atoms with E-state index in [0.717, 1.165) is 41.5 Å². The van der Waals surface area contributed by atoms with Gasteiger partial charge in [0, 0.05) is 53.4 Å². The molecule has 8 nitrogen and oxygen atoms in total. The Morgan fingerprint density at radius 3 is 2.38 bits per heavy atom. The molecule has 40 heavy (non-hydrogen) atoms. The van der Waals surface area contributed by atoms with Gasteiger partial charge in [0.1, 0.15) is 6.29 Å². The summed E-state index contributed by atoms with van der Waals surface area (Å²) in [5.74, 6) is -0.380. The molecule has 0 atom stereocenters. The summed E-state index contributed by atoms with van der Waals surface area (Å²) < 4.78 is 5.53. The lowest BCUT2D eigenvalue weighted by Gasteiger charge is -2.42. The second kappa shape index (κ2) is 11.5. The molecular weight excluding hydrogens is 504 g/mol. The van der Waals surface area contributed by atoms with Crippen LogP contribution in [0.5, 0.6) is 0 Å².